The summed E-state index contributed by atoms with van der Waals surface area (Å²) in [4.78, 5) is 4.83. The predicted octanol–water partition coefficient (Wildman–Crippen LogP) is 4.89. The number of hydrogen-bond donors (Lipinski definition) is 1. The molecule has 4 nitrogen and oxygen atoms in total. The molecule has 2 aliphatic rings. The van der Waals surface area contributed by atoms with E-state index in [4.69, 9.17) is 16.3 Å². The smallest absolute Gasteiger partial charge is 0.181 e. The van der Waals surface area contributed by atoms with Crippen LogP contribution in [0.1, 0.15) is 40.0 Å². The molecule has 2 bridgehead atoms. The lowest BCUT2D eigenvalue weighted by molar-refractivity contribution is 0.0727. The van der Waals surface area contributed by atoms with Crippen LogP contribution in [0.2, 0.25) is 0 Å². The Bertz CT molecular complexity index is 529. The van der Waals surface area contributed by atoms with E-state index in [-0.39, 0.29) is 11.2 Å². The van der Waals surface area contributed by atoms with Crippen LogP contribution in [0.15, 0.2) is 22.5 Å². The SMILES string of the molecule is CCCCCN(CC)C1NP(=S)(CC)OC2=CN1C(Br)C=C2Br. The lowest BCUT2D eigenvalue weighted by Gasteiger charge is -2.41. The molecular formula is C15H26Br2N3OPS. The number of allylic oxidation sites excluding steroid dienone is 1. The number of hydrogen-bond acceptors (Lipinski definition) is 4. The average molecular weight is 487 g/mol. The van der Waals surface area contributed by atoms with Crippen molar-refractivity contribution in [3.05, 3.63) is 22.5 Å². The van der Waals surface area contributed by atoms with Gasteiger partial charge in [0.1, 0.15) is 11.2 Å². The van der Waals surface area contributed by atoms with Gasteiger partial charge in [0.2, 0.25) is 0 Å². The monoisotopic (exact) mass is 485 g/mol. The number of unbranched alkanes of at least 4 members (excludes halogenated alkanes) is 2. The van der Waals surface area contributed by atoms with Gasteiger partial charge < -0.3 is 9.42 Å². The van der Waals surface area contributed by atoms with Crippen LogP contribution < -0.4 is 5.09 Å². The molecule has 0 aromatic rings. The largest absolute Gasteiger partial charge is 0.451 e. The molecule has 1 N–H and O–H groups in total. The summed E-state index contributed by atoms with van der Waals surface area (Å²) in [5.41, 5.74) is 0. The summed E-state index contributed by atoms with van der Waals surface area (Å²) >= 11 is 13.2. The second-order valence-corrected chi connectivity index (χ2v) is 11.7. The highest BCUT2D eigenvalue weighted by atomic mass is 79.9. The van der Waals surface area contributed by atoms with E-state index in [9.17, 15) is 0 Å². The molecule has 0 saturated heterocycles. The topological polar surface area (TPSA) is 27.7 Å². The molecule has 23 heavy (non-hydrogen) atoms. The van der Waals surface area contributed by atoms with E-state index in [0.29, 0.717) is 0 Å². The summed E-state index contributed by atoms with van der Waals surface area (Å²) in [6.07, 6.45) is 6.67. The van der Waals surface area contributed by atoms with Crippen molar-refractivity contribution < 1.29 is 4.52 Å². The Morgan fingerprint density at radius 3 is 2.74 bits per heavy atom. The zero-order valence-electron chi connectivity index (χ0n) is 14.0. The normalized spacial score (nSPS) is 30.6. The quantitative estimate of drug-likeness (QED) is 0.239. The van der Waals surface area contributed by atoms with Gasteiger partial charge in [-0.05, 0) is 46.8 Å². The average Bonchev–Trinajstić information content (AvgIpc) is 2.66. The zero-order chi connectivity index (χ0) is 17.0. The van der Waals surface area contributed by atoms with Gasteiger partial charge in [0.05, 0.1) is 4.48 Å². The van der Waals surface area contributed by atoms with E-state index >= 15 is 0 Å². The molecule has 0 aliphatic carbocycles. The van der Waals surface area contributed by atoms with Crippen LogP contribution in [0.3, 0.4) is 0 Å². The fourth-order valence-corrected chi connectivity index (χ4v) is 6.22. The molecule has 8 heteroatoms. The summed E-state index contributed by atoms with van der Waals surface area (Å²) in [6.45, 7) is 8.59. The van der Waals surface area contributed by atoms with E-state index < -0.39 is 6.42 Å². The number of halogens is 2. The van der Waals surface area contributed by atoms with Crippen molar-refractivity contribution in [3.8, 4) is 0 Å². The van der Waals surface area contributed by atoms with Crippen molar-refractivity contribution in [1.29, 1.82) is 0 Å². The summed E-state index contributed by atoms with van der Waals surface area (Å²) in [5.74, 6) is 0.838. The number of alkyl halides is 1. The summed E-state index contributed by atoms with van der Waals surface area (Å²) < 4.78 is 7.17. The molecule has 0 aromatic heterocycles. The number of nitrogens with one attached hydrogen (secondary N) is 1. The van der Waals surface area contributed by atoms with Gasteiger partial charge in [0.25, 0.3) is 0 Å². The molecular weight excluding hydrogens is 461 g/mol. The summed E-state index contributed by atoms with van der Waals surface area (Å²) in [6, 6.07) is 0. The van der Waals surface area contributed by atoms with E-state index in [1.807, 2.05) is 0 Å². The van der Waals surface area contributed by atoms with Gasteiger partial charge in [0, 0.05) is 18.9 Å². The van der Waals surface area contributed by atoms with Crippen LogP contribution in [0.4, 0.5) is 0 Å². The standard InChI is InChI=1S/C15H26Br2N3OPS/c1-4-7-8-9-19(5-2)15-18-22(23,6-3)21-13-11-20(15)14(17)10-12(13)16/h10-11,14-15H,4-9H2,1-3H3,(H,18,23). The molecule has 0 amide bonds. The van der Waals surface area contributed by atoms with E-state index in [2.05, 4.69) is 79.8 Å². The molecule has 2 heterocycles. The molecule has 0 aromatic carbocycles. The van der Waals surface area contributed by atoms with Gasteiger partial charge in [-0.3, -0.25) is 4.90 Å². The van der Waals surface area contributed by atoms with Gasteiger partial charge in [-0.1, -0.05) is 49.5 Å². The van der Waals surface area contributed by atoms with Crippen molar-refractivity contribution >= 4 is 50.1 Å². The highest BCUT2D eigenvalue weighted by molar-refractivity contribution is 9.12. The maximum absolute atomic E-state index is 6.20. The third-order valence-electron chi connectivity index (χ3n) is 4.13. The fourth-order valence-electron chi connectivity index (χ4n) is 2.70. The van der Waals surface area contributed by atoms with Crippen LogP contribution in [-0.2, 0) is 16.3 Å². The number of fused-ring (bicyclic) bond motifs is 1. The maximum Gasteiger partial charge on any atom is 0.181 e. The Balaban J connectivity index is 2.28. The summed E-state index contributed by atoms with van der Waals surface area (Å²) in [7, 11) is 0. The maximum atomic E-state index is 6.20. The van der Waals surface area contributed by atoms with E-state index in [1.54, 1.807) is 0 Å². The first kappa shape index (κ1) is 19.9. The lowest BCUT2D eigenvalue weighted by Crippen LogP contribution is -2.55. The number of rotatable bonds is 7. The minimum Gasteiger partial charge on any atom is -0.451 e. The Labute approximate surface area is 162 Å². The van der Waals surface area contributed by atoms with Gasteiger partial charge >= 0.3 is 0 Å². The van der Waals surface area contributed by atoms with Gasteiger partial charge in [-0.25, -0.2) is 5.09 Å². The van der Waals surface area contributed by atoms with Crippen LogP contribution in [0, 0.1) is 0 Å². The Hall–Kier alpha value is 0.610. The van der Waals surface area contributed by atoms with Crippen molar-refractivity contribution in [3.63, 3.8) is 0 Å². The van der Waals surface area contributed by atoms with Crippen LogP contribution >= 0.6 is 38.3 Å². The minimum absolute atomic E-state index is 0.0568. The van der Waals surface area contributed by atoms with Crippen molar-refractivity contribution in [1.82, 2.24) is 14.9 Å². The molecule has 3 atom stereocenters. The van der Waals surface area contributed by atoms with Crippen molar-refractivity contribution in [2.24, 2.45) is 0 Å². The highest BCUT2D eigenvalue weighted by Gasteiger charge is 2.37. The Morgan fingerprint density at radius 1 is 1.39 bits per heavy atom. The number of nitrogens with zero attached hydrogens (tertiary/aromatic N) is 2. The lowest BCUT2D eigenvalue weighted by atomic mass is 10.2. The molecule has 2 rings (SSSR count). The third-order valence-corrected chi connectivity index (χ3v) is 8.78. The second kappa shape index (κ2) is 8.81. The first-order valence-corrected chi connectivity index (χ1v) is 12.9. The third kappa shape index (κ3) is 4.83. The van der Waals surface area contributed by atoms with Crippen LogP contribution in [0.5, 0.6) is 0 Å². The van der Waals surface area contributed by atoms with Crippen LogP contribution in [0.25, 0.3) is 0 Å². The molecule has 0 fully saturated rings. The molecule has 0 saturated carbocycles. The second-order valence-electron chi connectivity index (χ2n) is 5.75. The molecule has 3 unspecified atom stereocenters. The molecule has 2 aliphatic heterocycles. The first-order valence-electron chi connectivity index (χ1n) is 8.25. The minimum atomic E-state index is -2.09. The molecule has 132 valence electrons. The highest BCUT2D eigenvalue weighted by Crippen LogP contribution is 2.51. The van der Waals surface area contributed by atoms with E-state index in [0.717, 1.165) is 29.5 Å². The fraction of sp³-hybridized carbons (Fsp3) is 0.733. The zero-order valence-corrected chi connectivity index (χ0v) is 18.8. The molecule has 0 spiro atoms. The molecule has 0 radical (unpaired) electrons. The predicted molar refractivity (Wildman–Crippen MR) is 109 cm³/mol. The van der Waals surface area contributed by atoms with Gasteiger partial charge in [-0.15, -0.1) is 0 Å². The van der Waals surface area contributed by atoms with Crippen molar-refractivity contribution in [2.75, 3.05) is 19.3 Å². The first-order chi connectivity index (χ1) is 10.9. The summed E-state index contributed by atoms with van der Waals surface area (Å²) in [5, 5.41) is 3.66. The van der Waals surface area contributed by atoms with Crippen molar-refractivity contribution in [2.45, 2.75) is 51.3 Å². The van der Waals surface area contributed by atoms with E-state index in [1.165, 1.54) is 19.3 Å². The Kier molecular flexibility index (Phi) is 7.64. The Morgan fingerprint density at radius 2 is 2.13 bits per heavy atom. The van der Waals surface area contributed by atoms with Gasteiger partial charge in [-0.2, -0.15) is 0 Å². The van der Waals surface area contributed by atoms with Crippen LogP contribution in [-0.4, -0.2) is 40.3 Å². The van der Waals surface area contributed by atoms with Gasteiger partial charge in [0.15, 0.2) is 12.2 Å².